The van der Waals surface area contributed by atoms with Crippen LogP contribution in [-0.2, 0) is 4.79 Å². The molecule has 33 heavy (non-hydrogen) atoms. The maximum atomic E-state index is 12.3. The number of likely N-dealkylation sites (N-methyl/N-ethyl adjacent to an activating group) is 2. The maximum absolute atomic E-state index is 12.3. The number of aromatic nitrogens is 1. The van der Waals surface area contributed by atoms with Crippen molar-refractivity contribution in [3.8, 4) is 11.6 Å². The van der Waals surface area contributed by atoms with Crippen molar-refractivity contribution in [2.45, 2.75) is 0 Å². The smallest absolute Gasteiger partial charge is 0.246 e. The molecule has 0 bridgehead atoms. The van der Waals surface area contributed by atoms with E-state index in [1.807, 2.05) is 61.5 Å². The van der Waals surface area contributed by atoms with E-state index in [0.717, 1.165) is 27.9 Å². The fourth-order valence-corrected chi connectivity index (χ4v) is 3.58. The average Bonchev–Trinajstić information content (AvgIpc) is 3.35. The summed E-state index contributed by atoms with van der Waals surface area (Å²) < 4.78 is 5.31. The van der Waals surface area contributed by atoms with Crippen LogP contribution in [0.1, 0.15) is 5.56 Å². The minimum absolute atomic E-state index is 0.0804. The molecule has 1 aromatic heterocycles. The van der Waals surface area contributed by atoms with Crippen LogP contribution in [0.15, 0.2) is 58.8 Å². The molecular weight excluding hydrogens is 418 g/mol. The lowest BCUT2D eigenvalue weighted by Gasteiger charge is -2.17. The summed E-state index contributed by atoms with van der Waals surface area (Å²) in [6.45, 7) is 1.45. The number of hydrogen-bond acceptors (Lipinski definition) is 6. The van der Waals surface area contributed by atoms with Gasteiger partial charge in [0.05, 0.1) is 18.5 Å². The van der Waals surface area contributed by atoms with Gasteiger partial charge in [-0.05, 0) is 61.8 Å². The number of amides is 1. The molecule has 2 N–H and O–H groups in total. The van der Waals surface area contributed by atoms with Gasteiger partial charge >= 0.3 is 0 Å². The monoisotopic (exact) mass is 445 g/mol. The van der Waals surface area contributed by atoms with Crippen molar-refractivity contribution >= 4 is 34.3 Å². The highest BCUT2D eigenvalue weighted by atomic mass is 16.5. The summed E-state index contributed by atoms with van der Waals surface area (Å²) in [7, 11) is 7.34. The van der Waals surface area contributed by atoms with Gasteiger partial charge in [0.2, 0.25) is 5.91 Å². The first kappa shape index (κ1) is 22.3. The molecule has 2 heterocycles. The van der Waals surface area contributed by atoms with Gasteiger partial charge in [-0.2, -0.15) is 0 Å². The Morgan fingerprint density at radius 3 is 2.70 bits per heavy atom. The van der Waals surface area contributed by atoms with E-state index in [2.05, 4.69) is 15.2 Å². The lowest BCUT2D eigenvalue weighted by atomic mass is 10.1. The second kappa shape index (κ2) is 9.30. The molecule has 1 amide bonds. The van der Waals surface area contributed by atoms with Crippen molar-refractivity contribution < 1.29 is 14.6 Å². The lowest BCUT2D eigenvalue weighted by molar-refractivity contribution is -0.124. The highest BCUT2D eigenvalue weighted by Crippen LogP contribution is 2.30. The van der Waals surface area contributed by atoms with Gasteiger partial charge in [-0.1, -0.05) is 6.07 Å². The Hall–Kier alpha value is -3.91. The largest absolute Gasteiger partial charge is 0.497 e. The number of ether oxygens (including phenoxy) is 1. The van der Waals surface area contributed by atoms with Crippen molar-refractivity contribution in [3.05, 3.63) is 64.6 Å². The SMILES string of the molecule is COc1ccc2[nH]c(O)c(C=c3ccc4c(c3)N=NC=4C=CC(=O)N(C)CCN(C)C)c2c1. The van der Waals surface area contributed by atoms with Crippen LogP contribution >= 0.6 is 0 Å². The Morgan fingerprint density at radius 2 is 1.94 bits per heavy atom. The molecule has 0 unspecified atom stereocenters. The topological polar surface area (TPSA) is 93.5 Å². The third kappa shape index (κ3) is 4.80. The van der Waals surface area contributed by atoms with E-state index in [4.69, 9.17) is 4.74 Å². The van der Waals surface area contributed by atoms with Crippen molar-refractivity contribution in [1.82, 2.24) is 14.8 Å². The van der Waals surface area contributed by atoms with Crippen molar-refractivity contribution in [2.75, 3.05) is 41.3 Å². The molecule has 0 fully saturated rings. The van der Waals surface area contributed by atoms with Gasteiger partial charge in [-0.25, -0.2) is 0 Å². The Labute approximate surface area is 191 Å². The molecule has 1 aliphatic rings. The summed E-state index contributed by atoms with van der Waals surface area (Å²) in [6.07, 6.45) is 5.11. The van der Waals surface area contributed by atoms with Gasteiger partial charge in [0.1, 0.15) is 5.75 Å². The number of nitrogens with zero attached hydrogens (tertiary/aromatic N) is 4. The van der Waals surface area contributed by atoms with Gasteiger partial charge in [-0.3, -0.25) is 4.79 Å². The summed E-state index contributed by atoms with van der Waals surface area (Å²) in [5.41, 5.74) is 2.86. The Balaban J connectivity index is 1.62. The fourth-order valence-electron chi connectivity index (χ4n) is 3.58. The number of methoxy groups -OCH3 is 1. The number of azo groups is 1. The first-order valence-corrected chi connectivity index (χ1v) is 10.6. The molecule has 0 saturated carbocycles. The quantitative estimate of drug-likeness (QED) is 0.547. The Kier molecular flexibility index (Phi) is 6.28. The number of H-pyrrole nitrogens is 1. The van der Waals surface area contributed by atoms with Gasteiger partial charge < -0.3 is 24.6 Å². The van der Waals surface area contributed by atoms with Crippen LogP contribution in [0.2, 0.25) is 0 Å². The van der Waals surface area contributed by atoms with E-state index < -0.39 is 0 Å². The van der Waals surface area contributed by atoms with Crippen LogP contribution in [0.3, 0.4) is 0 Å². The Bertz CT molecular complexity index is 1390. The number of carbonyl (C=O) groups is 1. The lowest BCUT2D eigenvalue weighted by Crippen LogP contribution is -2.32. The number of aromatic hydroxyl groups is 1. The number of aromatic amines is 1. The summed E-state index contributed by atoms with van der Waals surface area (Å²) in [6, 6.07) is 11.4. The van der Waals surface area contributed by atoms with Gasteiger partial charge in [0.25, 0.3) is 0 Å². The summed E-state index contributed by atoms with van der Waals surface area (Å²) in [4.78, 5) is 19.0. The average molecular weight is 446 g/mol. The number of carbonyl (C=O) groups excluding carboxylic acids is 1. The van der Waals surface area contributed by atoms with E-state index in [9.17, 15) is 9.90 Å². The Morgan fingerprint density at radius 1 is 1.12 bits per heavy atom. The zero-order valence-electron chi connectivity index (χ0n) is 19.2. The predicted octanol–water partition coefficient (Wildman–Crippen LogP) is 2.49. The van der Waals surface area contributed by atoms with E-state index in [1.54, 1.807) is 25.1 Å². The highest BCUT2D eigenvalue weighted by molar-refractivity contribution is 5.93. The van der Waals surface area contributed by atoms with E-state index in [0.29, 0.717) is 29.2 Å². The first-order valence-electron chi connectivity index (χ1n) is 10.6. The molecule has 8 heteroatoms. The zero-order valence-corrected chi connectivity index (χ0v) is 19.2. The van der Waals surface area contributed by atoms with E-state index in [1.165, 1.54) is 6.08 Å². The molecule has 0 atom stereocenters. The molecule has 170 valence electrons. The first-order chi connectivity index (χ1) is 15.9. The van der Waals surface area contributed by atoms with Crippen molar-refractivity contribution in [1.29, 1.82) is 0 Å². The normalized spacial score (nSPS) is 13.5. The van der Waals surface area contributed by atoms with Crippen molar-refractivity contribution in [2.24, 2.45) is 10.2 Å². The minimum atomic E-state index is -0.0804. The van der Waals surface area contributed by atoms with Gasteiger partial charge in [0.15, 0.2) is 5.88 Å². The second-order valence-electron chi connectivity index (χ2n) is 8.20. The fraction of sp³-hybridized carbons (Fsp3) is 0.240. The molecular formula is C25H27N5O3. The summed E-state index contributed by atoms with van der Waals surface area (Å²) in [5, 5.41) is 21.5. The molecule has 2 aromatic carbocycles. The van der Waals surface area contributed by atoms with Crippen LogP contribution in [-0.4, -0.2) is 67.1 Å². The standard InChI is InChI=1S/C25H27N5O3/c1-29(2)11-12-30(3)24(31)10-9-22-18-7-5-16(14-23(18)28-27-22)13-20-19-15-17(33-4)6-8-21(19)26-25(20)32/h5-10,13-15,26,32H,11-12H2,1-4H3. The summed E-state index contributed by atoms with van der Waals surface area (Å²) >= 11 is 0. The van der Waals surface area contributed by atoms with Crippen LogP contribution in [0.4, 0.5) is 5.69 Å². The highest BCUT2D eigenvalue weighted by Gasteiger charge is 2.11. The molecule has 0 saturated heterocycles. The summed E-state index contributed by atoms with van der Waals surface area (Å²) in [5.74, 6) is 0.725. The molecule has 1 aliphatic heterocycles. The number of nitrogens with one attached hydrogen (secondary N) is 1. The second-order valence-corrected chi connectivity index (χ2v) is 8.20. The van der Waals surface area contributed by atoms with Crippen LogP contribution in [0, 0.1) is 0 Å². The number of rotatable bonds is 7. The molecule has 0 aliphatic carbocycles. The molecule has 0 radical (unpaired) electrons. The van der Waals surface area contributed by atoms with E-state index >= 15 is 0 Å². The zero-order chi connectivity index (χ0) is 23.5. The van der Waals surface area contributed by atoms with Crippen LogP contribution in [0.25, 0.3) is 22.7 Å². The molecule has 3 aromatic rings. The maximum Gasteiger partial charge on any atom is 0.246 e. The van der Waals surface area contributed by atoms with Crippen molar-refractivity contribution in [3.63, 3.8) is 0 Å². The molecule has 8 nitrogen and oxygen atoms in total. The van der Waals surface area contributed by atoms with Gasteiger partial charge in [0, 0.05) is 47.9 Å². The number of fused-ring (bicyclic) bond motifs is 2. The van der Waals surface area contributed by atoms with Gasteiger partial charge in [-0.15, -0.1) is 10.2 Å². The molecule has 0 spiro atoms. The predicted molar refractivity (Wildman–Crippen MR) is 129 cm³/mol. The van der Waals surface area contributed by atoms with E-state index in [-0.39, 0.29) is 11.8 Å². The third-order valence-corrected chi connectivity index (χ3v) is 5.54. The third-order valence-electron chi connectivity index (χ3n) is 5.54. The van der Waals surface area contributed by atoms with Crippen LogP contribution < -0.4 is 15.2 Å². The number of hydrogen-bond donors (Lipinski definition) is 2. The van der Waals surface area contributed by atoms with Crippen LogP contribution in [0.5, 0.6) is 11.6 Å². The molecule has 4 rings (SSSR count). The minimum Gasteiger partial charge on any atom is -0.497 e. The number of benzene rings is 2.